The Bertz CT molecular complexity index is 1190. The van der Waals surface area contributed by atoms with Crippen LogP contribution >= 0.6 is 0 Å². The van der Waals surface area contributed by atoms with Crippen LogP contribution < -0.4 is 16.0 Å². The molecule has 0 aliphatic carbocycles. The number of hydrogen-bond donors (Lipinski definition) is 4. The molecular weight excluding hydrogens is 411 g/mol. The third-order valence-corrected chi connectivity index (χ3v) is 5.64. The number of fused-ring (bicyclic) bond motifs is 2. The van der Waals surface area contributed by atoms with Gasteiger partial charge in [-0.25, -0.2) is 9.37 Å². The predicted molar refractivity (Wildman–Crippen MR) is 119 cm³/mol. The second-order valence-electron chi connectivity index (χ2n) is 7.75. The molecule has 0 radical (unpaired) electrons. The number of carbonyl (C=O) groups excluding carboxylic acids is 2. The van der Waals surface area contributed by atoms with Gasteiger partial charge in [0.1, 0.15) is 18.3 Å². The first kappa shape index (κ1) is 21.5. The molecule has 9 heteroatoms. The average molecular weight is 436 g/mol. The first-order chi connectivity index (χ1) is 15.5. The van der Waals surface area contributed by atoms with E-state index in [0.29, 0.717) is 42.9 Å². The molecule has 0 saturated carbocycles. The molecule has 1 aliphatic rings. The van der Waals surface area contributed by atoms with Crippen molar-refractivity contribution in [2.75, 3.05) is 13.2 Å². The zero-order valence-electron chi connectivity index (χ0n) is 17.7. The Morgan fingerprint density at radius 2 is 2.09 bits per heavy atom. The number of imidazole rings is 1. The number of aryl methyl sites for hydroxylation is 1. The molecule has 0 fully saturated rings. The van der Waals surface area contributed by atoms with Crippen LogP contribution in [0.4, 0.5) is 4.39 Å². The van der Waals surface area contributed by atoms with E-state index >= 15 is 0 Å². The van der Waals surface area contributed by atoms with Crippen molar-refractivity contribution >= 4 is 28.7 Å². The zero-order chi connectivity index (χ0) is 22.7. The van der Waals surface area contributed by atoms with E-state index in [1.165, 1.54) is 0 Å². The first-order valence-corrected chi connectivity index (χ1v) is 10.5. The molecule has 0 spiro atoms. The van der Waals surface area contributed by atoms with Crippen LogP contribution in [0.25, 0.3) is 11.0 Å². The summed E-state index contributed by atoms with van der Waals surface area (Å²) in [5, 5.41) is 15.9. The number of hydrogen-bond acceptors (Lipinski definition) is 4. The van der Waals surface area contributed by atoms with Crippen LogP contribution in [0.15, 0.2) is 42.5 Å². The zero-order valence-corrected chi connectivity index (χ0v) is 17.7. The first-order valence-electron chi connectivity index (χ1n) is 10.5. The van der Waals surface area contributed by atoms with Crippen molar-refractivity contribution in [1.82, 2.24) is 25.5 Å². The molecule has 1 aromatic heterocycles. The van der Waals surface area contributed by atoms with Gasteiger partial charge in [0.15, 0.2) is 0 Å². The molecule has 166 valence electrons. The molecule has 0 saturated heterocycles. The van der Waals surface area contributed by atoms with Crippen LogP contribution in [0, 0.1) is 5.41 Å². The van der Waals surface area contributed by atoms with Crippen molar-refractivity contribution in [2.45, 2.75) is 25.4 Å². The molecule has 2 aromatic carbocycles. The molecule has 32 heavy (non-hydrogen) atoms. The number of alkyl halides is 1. The Morgan fingerprint density at radius 1 is 1.28 bits per heavy atom. The molecular formula is C23H25FN6O2. The third-order valence-electron chi connectivity index (χ3n) is 5.64. The number of nitrogens with one attached hydrogen (secondary N) is 4. The lowest BCUT2D eigenvalue weighted by Crippen LogP contribution is -2.33. The van der Waals surface area contributed by atoms with Gasteiger partial charge in [-0.15, -0.1) is 0 Å². The molecule has 4 N–H and O–H groups in total. The van der Waals surface area contributed by atoms with Crippen molar-refractivity contribution < 1.29 is 14.0 Å². The number of nitrogens with zero attached hydrogens (tertiary/aromatic N) is 2. The van der Waals surface area contributed by atoms with E-state index in [2.05, 4.69) is 16.0 Å². The number of amides is 2. The molecule has 1 unspecified atom stereocenters. The van der Waals surface area contributed by atoms with Crippen molar-refractivity contribution in [3.8, 4) is 0 Å². The monoisotopic (exact) mass is 436 g/mol. The predicted octanol–water partition coefficient (Wildman–Crippen LogP) is 2.60. The van der Waals surface area contributed by atoms with E-state index in [1.54, 1.807) is 12.1 Å². The van der Waals surface area contributed by atoms with Crippen LogP contribution in [0.3, 0.4) is 0 Å². The summed E-state index contributed by atoms with van der Waals surface area (Å²) >= 11 is 0. The summed E-state index contributed by atoms with van der Waals surface area (Å²) in [5.41, 5.74) is 3.31. The number of aromatic nitrogens is 2. The second kappa shape index (κ2) is 9.17. The number of carbonyl (C=O) groups is 2. The summed E-state index contributed by atoms with van der Waals surface area (Å²) < 4.78 is 14.5. The largest absolute Gasteiger partial charge is 0.372 e. The summed E-state index contributed by atoms with van der Waals surface area (Å²) in [4.78, 5) is 30.2. The molecule has 4 rings (SSSR count). The van der Waals surface area contributed by atoms with E-state index in [9.17, 15) is 14.0 Å². The molecule has 2 amide bonds. The van der Waals surface area contributed by atoms with Crippen LogP contribution in [-0.2, 0) is 13.6 Å². The van der Waals surface area contributed by atoms with E-state index in [4.69, 9.17) is 10.4 Å². The molecule has 0 bridgehead atoms. The second-order valence-corrected chi connectivity index (χ2v) is 7.75. The molecule has 8 nitrogen and oxygen atoms in total. The number of rotatable bonds is 8. The number of halogens is 1. The van der Waals surface area contributed by atoms with Crippen molar-refractivity contribution in [3.05, 3.63) is 65.0 Å². The van der Waals surface area contributed by atoms with Crippen LogP contribution in [0.2, 0.25) is 0 Å². The highest BCUT2D eigenvalue weighted by atomic mass is 19.1. The third kappa shape index (κ3) is 4.18. The summed E-state index contributed by atoms with van der Waals surface area (Å²) in [6.45, 7) is -0.0238. The fraction of sp³-hybridized carbons (Fsp3) is 0.304. The minimum Gasteiger partial charge on any atom is -0.372 e. The maximum absolute atomic E-state index is 13.2. The van der Waals surface area contributed by atoms with E-state index in [1.807, 2.05) is 41.9 Å². The molecule has 1 aliphatic heterocycles. The van der Waals surface area contributed by atoms with Gasteiger partial charge in [0.05, 0.1) is 28.2 Å². The minimum absolute atomic E-state index is 0.167. The SMILES string of the molecule is Cn1c(C(CCCNC(=N)CF)NC(=O)c2cccc3c2C(=O)NC3)nc2ccccc21. The Kier molecular flexibility index (Phi) is 6.16. The summed E-state index contributed by atoms with van der Waals surface area (Å²) in [6.07, 6.45) is 1.11. The van der Waals surface area contributed by atoms with Crippen LogP contribution in [-0.4, -0.2) is 40.4 Å². The Balaban J connectivity index is 1.60. The lowest BCUT2D eigenvalue weighted by molar-refractivity contribution is 0.0912. The lowest BCUT2D eigenvalue weighted by atomic mass is 10.0. The van der Waals surface area contributed by atoms with E-state index in [0.717, 1.165) is 16.6 Å². The normalized spacial score (nSPS) is 13.5. The van der Waals surface area contributed by atoms with Gasteiger partial charge in [-0.1, -0.05) is 24.3 Å². The fourth-order valence-corrected chi connectivity index (χ4v) is 4.04. The van der Waals surface area contributed by atoms with Crippen molar-refractivity contribution in [1.29, 1.82) is 5.41 Å². The van der Waals surface area contributed by atoms with Gasteiger partial charge in [-0.05, 0) is 36.6 Å². The van der Waals surface area contributed by atoms with E-state index in [-0.39, 0.29) is 17.6 Å². The van der Waals surface area contributed by atoms with Crippen molar-refractivity contribution in [2.24, 2.45) is 7.05 Å². The molecule has 1 atom stereocenters. The van der Waals surface area contributed by atoms with Gasteiger partial charge >= 0.3 is 0 Å². The Hall–Kier alpha value is -3.75. The highest BCUT2D eigenvalue weighted by Crippen LogP contribution is 2.25. The number of para-hydroxylation sites is 2. The fourth-order valence-electron chi connectivity index (χ4n) is 4.04. The van der Waals surface area contributed by atoms with Gasteiger partial charge < -0.3 is 20.5 Å². The lowest BCUT2D eigenvalue weighted by Gasteiger charge is -2.20. The Morgan fingerprint density at radius 3 is 2.88 bits per heavy atom. The van der Waals surface area contributed by atoms with Crippen LogP contribution in [0.1, 0.15) is 51.0 Å². The Labute approximate surface area is 184 Å². The number of benzene rings is 2. The van der Waals surface area contributed by atoms with Gasteiger partial charge in [-0.2, -0.15) is 0 Å². The van der Waals surface area contributed by atoms with Gasteiger partial charge in [0.2, 0.25) is 0 Å². The minimum atomic E-state index is -0.841. The topological polar surface area (TPSA) is 112 Å². The van der Waals surface area contributed by atoms with Gasteiger partial charge in [0.25, 0.3) is 11.8 Å². The highest BCUT2D eigenvalue weighted by molar-refractivity contribution is 6.09. The van der Waals surface area contributed by atoms with Crippen LogP contribution in [0.5, 0.6) is 0 Å². The summed E-state index contributed by atoms with van der Waals surface area (Å²) in [6, 6.07) is 12.5. The maximum atomic E-state index is 13.2. The van der Waals surface area contributed by atoms with Gasteiger partial charge in [0, 0.05) is 20.1 Å². The maximum Gasteiger partial charge on any atom is 0.252 e. The quantitative estimate of drug-likeness (QED) is 0.247. The smallest absolute Gasteiger partial charge is 0.252 e. The van der Waals surface area contributed by atoms with Gasteiger partial charge in [-0.3, -0.25) is 15.0 Å². The summed E-state index contributed by atoms with van der Waals surface area (Å²) in [7, 11) is 1.90. The average Bonchev–Trinajstić information content (AvgIpc) is 3.35. The summed E-state index contributed by atoms with van der Waals surface area (Å²) in [5.74, 6) is -0.0734. The van der Waals surface area contributed by atoms with E-state index < -0.39 is 12.7 Å². The standard InChI is InChI=1S/C23H25FN6O2/c1-30-18-10-3-2-8-16(18)28-21(30)17(9-5-11-26-19(25)12-24)29-22(31)15-7-4-6-14-13-27-23(32)20(14)15/h2-4,6-8,10,17H,5,9,11-13H2,1H3,(H2,25,26)(H,27,32)(H,29,31). The highest BCUT2D eigenvalue weighted by Gasteiger charge is 2.28. The van der Waals surface area contributed by atoms with Crippen molar-refractivity contribution in [3.63, 3.8) is 0 Å². The molecule has 3 aromatic rings. The number of amidine groups is 1. The molecule has 2 heterocycles.